The van der Waals surface area contributed by atoms with Crippen LogP contribution in [0.2, 0.25) is 0 Å². The highest BCUT2D eigenvalue weighted by atomic mass is 32.1. The monoisotopic (exact) mass is 374 g/mol. The van der Waals surface area contributed by atoms with Gasteiger partial charge in [0.05, 0.1) is 6.54 Å². The zero-order chi connectivity index (χ0) is 17.7. The maximum absolute atomic E-state index is 12.8. The number of nitrogens with zero attached hydrogens (tertiary/aromatic N) is 4. The lowest BCUT2D eigenvalue weighted by atomic mass is 9.67. The van der Waals surface area contributed by atoms with Crippen LogP contribution in [0.3, 0.4) is 0 Å². The van der Waals surface area contributed by atoms with Crippen molar-refractivity contribution in [1.29, 1.82) is 0 Å². The fourth-order valence-electron chi connectivity index (χ4n) is 3.86. The van der Waals surface area contributed by atoms with E-state index in [0.29, 0.717) is 29.3 Å². The van der Waals surface area contributed by atoms with Crippen molar-refractivity contribution in [3.05, 3.63) is 27.9 Å². The summed E-state index contributed by atoms with van der Waals surface area (Å²) in [5, 5.41) is 9.73. The van der Waals surface area contributed by atoms with Gasteiger partial charge in [-0.15, -0.1) is 21.5 Å². The molecular formula is C15H17F3N4O2S. The smallest absolute Gasteiger partial charge is 0.421 e. The maximum atomic E-state index is 12.8. The van der Waals surface area contributed by atoms with Crippen molar-refractivity contribution in [3.63, 3.8) is 0 Å². The standard InChI is InChI=1S/C15H17F3N4O2S/c1-23-7-11-20-21-13(24-11)14-4-2-9(14)3-5-22(14)6-12-19-10(8-25-12)15(16,17)18/h8-9H,2-7H2,1H3/t9-,14-/m0/s1. The van der Waals surface area contributed by atoms with E-state index >= 15 is 0 Å². The van der Waals surface area contributed by atoms with Crippen LogP contribution in [0.1, 0.15) is 41.7 Å². The Hall–Kier alpha value is -1.52. The molecule has 2 atom stereocenters. The molecule has 0 spiro atoms. The number of likely N-dealkylation sites (tertiary alicyclic amines) is 1. The Labute approximate surface area is 146 Å². The Balaban J connectivity index is 1.57. The molecule has 1 aliphatic heterocycles. The third-order valence-corrected chi connectivity index (χ3v) is 5.97. The molecule has 0 radical (unpaired) electrons. The molecule has 0 aromatic carbocycles. The Morgan fingerprint density at radius 3 is 2.88 bits per heavy atom. The number of hydrogen-bond acceptors (Lipinski definition) is 7. The van der Waals surface area contributed by atoms with E-state index in [1.54, 1.807) is 7.11 Å². The number of methoxy groups -OCH3 is 1. The van der Waals surface area contributed by atoms with Gasteiger partial charge in [0.1, 0.15) is 17.2 Å². The molecule has 2 aromatic rings. The largest absolute Gasteiger partial charge is 0.434 e. The van der Waals surface area contributed by atoms with Gasteiger partial charge < -0.3 is 9.15 Å². The fraction of sp³-hybridized carbons (Fsp3) is 0.667. The molecule has 1 saturated heterocycles. The number of halogens is 3. The highest BCUT2D eigenvalue weighted by Crippen LogP contribution is 2.57. The van der Waals surface area contributed by atoms with Gasteiger partial charge in [0.2, 0.25) is 11.8 Å². The van der Waals surface area contributed by atoms with Crippen molar-refractivity contribution in [3.8, 4) is 0 Å². The molecule has 0 bridgehead atoms. The summed E-state index contributed by atoms with van der Waals surface area (Å²) in [4.78, 5) is 5.90. The van der Waals surface area contributed by atoms with Gasteiger partial charge in [0.25, 0.3) is 0 Å². The average molecular weight is 374 g/mol. The van der Waals surface area contributed by atoms with Gasteiger partial charge in [0.15, 0.2) is 5.69 Å². The summed E-state index contributed by atoms with van der Waals surface area (Å²) in [5.41, 5.74) is -1.20. The molecule has 1 aliphatic carbocycles. The molecule has 2 aromatic heterocycles. The second-order valence-corrected chi connectivity index (χ2v) is 7.37. The minimum atomic E-state index is -4.40. The predicted octanol–water partition coefficient (Wildman–Crippen LogP) is 3.20. The van der Waals surface area contributed by atoms with E-state index in [9.17, 15) is 13.2 Å². The quantitative estimate of drug-likeness (QED) is 0.801. The molecule has 10 heteroatoms. The van der Waals surface area contributed by atoms with Crippen LogP contribution >= 0.6 is 11.3 Å². The van der Waals surface area contributed by atoms with Crippen LogP contribution in [0.15, 0.2) is 9.80 Å². The number of rotatable bonds is 5. The first-order valence-electron chi connectivity index (χ1n) is 8.02. The Kier molecular flexibility index (Phi) is 4.08. The summed E-state index contributed by atoms with van der Waals surface area (Å²) in [7, 11) is 1.55. The summed E-state index contributed by atoms with van der Waals surface area (Å²) in [6.45, 7) is 1.39. The molecule has 3 heterocycles. The maximum Gasteiger partial charge on any atom is 0.434 e. The molecule has 0 unspecified atom stereocenters. The number of aromatic nitrogens is 3. The van der Waals surface area contributed by atoms with E-state index in [4.69, 9.17) is 9.15 Å². The molecule has 1 saturated carbocycles. The summed E-state index contributed by atoms with van der Waals surface area (Å²) in [6, 6.07) is 0. The molecule has 25 heavy (non-hydrogen) atoms. The second-order valence-electron chi connectivity index (χ2n) is 6.43. The lowest BCUT2D eigenvalue weighted by Gasteiger charge is -2.47. The van der Waals surface area contributed by atoms with Gasteiger partial charge in [0, 0.05) is 12.5 Å². The SMILES string of the molecule is COCc1nnc([C@]23CC[C@H]2CCN3Cc2nc(C(F)(F)F)cs2)o1. The molecule has 136 valence electrons. The van der Waals surface area contributed by atoms with E-state index in [0.717, 1.165) is 42.5 Å². The second kappa shape index (κ2) is 6.03. The minimum absolute atomic E-state index is 0.245. The van der Waals surface area contributed by atoms with Crippen molar-refractivity contribution in [2.75, 3.05) is 13.7 Å². The first kappa shape index (κ1) is 16.9. The molecular weight excluding hydrogens is 357 g/mol. The van der Waals surface area contributed by atoms with Gasteiger partial charge >= 0.3 is 6.18 Å². The zero-order valence-corrected chi connectivity index (χ0v) is 14.4. The zero-order valence-electron chi connectivity index (χ0n) is 13.5. The van der Waals surface area contributed by atoms with Crippen LogP contribution in [0.25, 0.3) is 0 Å². The van der Waals surface area contributed by atoms with Crippen LogP contribution in [-0.4, -0.2) is 33.7 Å². The predicted molar refractivity (Wildman–Crippen MR) is 81.6 cm³/mol. The third kappa shape index (κ3) is 2.76. The van der Waals surface area contributed by atoms with Crippen LogP contribution in [0.4, 0.5) is 13.2 Å². The number of alkyl halides is 3. The average Bonchev–Trinajstić information content (AvgIpc) is 3.20. The number of ether oxygens (including phenoxy) is 1. The lowest BCUT2D eigenvalue weighted by Crippen LogP contribution is -2.51. The molecule has 4 rings (SSSR count). The summed E-state index contributed by atoms with van der Waals surface area (Å²) in [6.07, 6.45) is -1.51. The molecule has 2 aliphatic rings. The van der Waals surface area contributed by atoms with Crippen LogP contribution < -0.4 is 0 Å². The van der Waals surface area contributed by atoms with E-state index in [2.05, 4.69) is 20.1 Å². The summed E-state index contributed by atoms with van der Waals surface area (Å²) in [5.74, 6) is 1.35. The number of hydrogen-bond donors (Lipinski definition) is 0. The number of thiazole rings is 1. The van der Waals surface area contributed by atoms with Crippen molar-refractivity contribution < 1.29 is 22.3 Å². The van der Waals surface area contributed by atoms with E-state index in [1.165, 1.54) is 0 Å². The molecule has 6 nitrogen and oxygen atoms in total. The van der Waals surface area contributed by atoms with Gasteiger partial charge in [-0.2, -0.15) is 13.2 Å². The normalized spacial score (nSPS) is 26.6. The van der Waals surface area contributed by atoms with Crippen LogP contribution in [0.5, 0.6) is 0 Å². The topological polar surface area (TPSA) is 64.3 Å². The third-order valence-electron chi connectivity index (χ3n) is 5.13. The lowest BCUT2D eigenvalue weighted by molar-refractivity contribution is -0.140. The van der Waals surface area contributed by atoms with Crippen molar-refractivity contribution in [1.82, 2.24) is 20.1 Å². The molecule has 2 fully saturated rings. The van der Waals surface area contributed by atoms with Crippen LogP contribution in [-0.2, 0) is 29.6 Å². The highest BCUT2D eigenvalue weighted by Gasteiger charge is 2.59. The Morgan fingerprint density at radius 1 is 1.40 bits per heavy atom. The van der Waals surface area contributed by atoms with Crippen molar-refractivity contribution in [2.24, 2.45) is 5.92 Å². The molecule has 0 amide bonds. The van der Waals surface area contributed by atoms with Crippen LogP contribution in [0, 0.1) is 5.92 Å². The Morgan fingerprint density at radius 2 is 2.24 bits per heavy atom. The minimum Gasteiger partial charge on any atom is -0.421 e. The summed E-state index contributed by atoms with van der Waals surface area (Å²) >= 11 is 1.04. The first-order valence-corrected chi connectivity index (χ1v) is 8.90. The van der Waals surface area contributed by atoms with Gasteiger partial charge in [-0.25, -0.2) is 4.98 Å². The van der Waals surface area contributed by atoms with Crippen molar-refractivity contribution in [2.45, 2.75) is 44.1 Å². The summed E-state index contributed by atoms with van der Waals surface area (Å²) < 4.78 is 49.1. The highest BCUT2D eigenvalue weighted by molar-refractivity contribution is 7.09. The Bertz CT molecular complexity index is 762. The van der Waals surface area contributed by atoms with Gasteiger partial charge in [-0.05, 0) is 31.7 Å². The molecule has 0 N–H and O–H groups in total. The number of fused-ring (bicyclic) bond motifs is 1. The van der Waals surface area contributed by atoms with Gasteiger partial charge in [-0.3, -0.25) is 4.90 Å². The van der Waals surface area contributed by atoms with Crippen molar-refractivity contribution >= 4 is 11.3 Å². The fourth-order valence-corrected chi connectivity index (χ4v) is 4.67. The van der Waals surface area contributed by atoms with E-state index in [1.807, 2.05) is 0 Å². The van der Waals surface area contributed by atoms with E-state index < -0.39 is 11.9 Å². The first-order chi connectivity index (χ1) is 11.9. The van der Waals surface area contributed by atoms with Gasteiger partial charge in [-0.1, -0.05) is 0 Å². The van der Waals surface area contributed by atoms with E-state index in [-0.39, 0.29) is 12.1 Å².